The van der Waals surface area contributed by atoms with Crippen molar-refractivity contribution in [2.75, 3.05) is 19.6 Å². The van der Waals surface area contributed by atoms with E-state index in [-0.39, 0.29) is 10.8 Å². The first-order chi connectivity index (χ1) is 14.0. The van der Waals surface area contributed by atoms with E-state index in [9.17, 15) is 4.79 Å². The van der Waals surface area contributed by atoms with E-state index in [0.29, 0.717) is 23.3 Å². The van der Waals surface area contributed by atoms with Gasteiger partial charge in [0.05, 0.1) is 5.41 Å². The van der Waals surface area contributed by atoms with Gasteiger partial charge >= 0.3 is 0 Å². The van der Waals surface area contributed by atoms with Crippen LogP contribution in [0.4, 0.5) is 0 Å². The van der Waals surface area contributed by atoms with E-state index in [1.54, 1.807) is 0 Å². The van der Waals surface area contributed by atoms with Crippen LogP contribution in [0.2, 0.25) is 0 Å². The molecular formula is C26H36N2O. The molecule has 3 saturated heterocycles. The van der Waals surface area contributed by atoms with Gasteiger partial charge in [0.15, 0.2) is 0 Å². The van der Waals surface area contributed by atoms with Crippen LogP contribution in [0.3, 0.4) is 0 Å². The molecule has 3 heterocycles. The van der Waals surface area contributed by atoms with Gasteiger partial charge in [-0.25, -0.2) is 0 Å². The molecule has 3 aliphatic heterocycles. The Bertz CT molecular complexity index is 800. The standard InChI is InChI=1S/C26H36N2O/c1-2-24-12-19-13-25(16-24,21-6-4-3-5-7-21)18-26(14-19,17-24)23(29)27-22-15-28-10-8-20(22)9-11-28/h3-7,19-20,22H,2,8-18H2,1H3,(H,27,29)/t19?,22?,24-,25-,26?/m0/s1. The van der Waals surface area contributed by atoms with E-state index in [0.717, 1.165) is 31.7 Å². The first kappa shape index (κ1) is 18.4. The lowest BCUT2D eigenvalue weighted by Gasteiger charge is -2.66. The summed E-state index contributed by atoms with van der Waals surface area (Å²) in [6.07, 6.45) is 11.1. The van der Waals surface area contributed by atoms with Crippen molar-refractivity contribution < 1.29 is 4.79 Å². The molecule has 29 heavy (non-hydrogen) atoms. The van der Waals surface area contributed by atoms with E-state index < -0.39 is 0 Å². The van der Waals surface area contributed by atoms with E-state index in [1.165, 1.54) is 57.2 Å². The quantitative estimate of drug-likeness (QED) is 0.817. The lowest BCUT2D eigenvalue weighted by atomic mass is 9.38. The normalized spacial score (nSPS) is 47.3. The predicted molar refractivity (Wildman–Crippen MR) is 116 cm³/mol. The van der Waals surface area contributed by atoms with E-state index in [2.05, 4.69) is 47.5 Å². The van der Waals surface area contributed by atoms with Gasteiger partial charge in [-0.1, -0.05) is 43.7 Å². The minimum atomic E-state index is -0.128. The van der Waals surface area contributed by atoms with Crippen LogP contribution in [0.1, 0.15) is 70.3 Å². The van der Waals surface area contributed by atoms with Crippen molar-refractivity contribution in [1.29, 1.82) is 0 Å². The summed E-state index contributed by atoms with van der Waals surface area (Å²) in [6, 6.07) is 11.6. The molecular weight excluding hydrogens is 356 g/mol. The molecule has 1 amide bonds. The number of amides is 1. The van der Waals surface area contributed by atoms with E-state index >= 15 is 0 Å². The highest BCUT2D eigenvalue weighted by Gasteiger charge is 2.65. The average Bonchev–Trinajstić information content (AvgIpc) is 2.74. The third kappa shape index (κ3) is 2.76. The lowest BCUT2D eigenvalue weighted by molar-refractivity contribution is -0.165. The number of nitrogens with one attached hydrogen (secondary N) is 1. The molecule has 4 saturated carbocycles. The van der Waals surface area contributed by atoms with Crippen LogP contribution in [0, 0.1) is 22.7 Å². The third-order valence-corrected chi connectivity index (χ3v) is 9.77. The Morgan fingerprint density at radius 2 is 1.86 bits per heavy atom. The SMILES string of the molecule is CC[C@@]12CC3CC(C(=O)NC4CN5CCC4CC5)(C1)C[C@](c1ccccc1)(C3)C2. The Kier molecular flexibility index (Phi) is 4.02. The molecule has 3 unspecified atom stereocenters. The number of piperidine rings is 3. The number of carbonyl (C=O) groups excluding carboxylic acids is 1. The Morgan fingerprint density at radius 3 is 2.55 bits per heavy atom. The highest BCUT2D eigenvalue weighted by atomic mass is 16.2. The molecule has 6 bridgehead atoms. The van der Waals surface area contributed by atoms with Gasteiger partial charge in [0, 0.05) is 12.6 Å². The van der Waals surface area contributed by atoms with Crippen LogP contribution in [0.25, 0.3) is 0 Å². The van der Waals surface area contributed by atoms with Crippen molar-refractivity contribution >= 4 is 5.91 Å². The fraction of sp³-hybridized carbons (Fsp3) is 0.731. The molecule has 156 valence electrons. The second-order valence-corrected chi connectivity index (χ2v) is 11.5. The molecule has 0 spiro atoms. The monoisotopic (exact) mass is 392 g/mol. The minimum absolute atomic E-state index is 0.128. The zero-order valence-corrected chi connectivity index (χ0v) is 18.0. The molecule has 5 atom stereocenters. The molecule has 3 nitrogen and oxygen atoms in total. The summed E-state index contributed by atoms with van der Waals surface area (Å²) in [7, 11) is 0. The molecule has 7 fully saturated rings. The zero-order valence-electron chi connectivity index (χ0n) is 18.0. The van der Waals surface area contributed by atoms with Crippen molar-refractivity contribution in [3.8, 4) is 0 Å². The number of nitrogens with zero attached hydrogens (tertiary/aromatic N) is 1. The Labute approximate surface area is 175 Å². The van der Waals surface area contributed by atoms with Crippen LogP contribution < -0.4 is 5.32 Å². The van der Waals surface area contributed by atoms with Crippen molar-refractivity contribution in [3.05, 3.63) is 35.9 Å². The number of hydrogen-bond donors (Lipinski definition) is 1. The molecule has 3 heteroatoms. The van der Waals surface area contributed by atoms with Crippen LogP contribution in [0.15, 0.2) is 30.3 Å². The topological polar surface area (TPSA) is 32.3 Å². The van der Waals surface area contributed by atoms with Crippen LogP contribution >= 0.6 is 0 Å². The number of carbonyl (C=O) groups is 1. The van der Waals surface area contributed by atoms with Gasteiger partial charge in [-0.2, -0.15) is 0 Å². The smallest absolute Gasteiger partial charge is 0.226 e. The largest absolute Gasteiger partial charge is 0.351 e. The molecule has 1 aromatic carbocycles. The molecule has 0 aromatic heterocycles. The van der Waals surface area contributed by atoms with Gasteiger partial charge in [-0.05, 0) is 92.7 Å². The average molecular weight is 393 g/mol. The van der Waals surface area contributed by atoms with Gasteiger partial charge in [0.25, 0.3) is 0 Å². The Balaban J connectivity index is 1.33. The first-order valence-electron chi connectivity index (χ1n) is 12.1. The fourth-order valence-corrected chi connectivity index (χ4v) is 8.85. The lowest BCUT2D eigenvalue weighted by Crippen LogP contribution is -2.65. The number of hydrogen-bond acceptors (Lipinski definition) is 2. The first-order valence-corrected chi connectivity index (χ1v) is 12.1. The Morgan fingerprint density at radius 1 is 1.07 bits per heavy atom. The molecule has 0 radical (unpaired) electrons. The maximum atomic E-state index is 13.9. The summed E-state index contributed by atoms with van der Waals surface area (Å²) in [6.45, 7) is 5.93. The summed E-state index contributed by atoms with van der Waals surface area (Å²) in [5, 5.41) is 3.64. The minimum Gasteiger partial charge on any atom is -0.351 e. The second kappa shape index (κ2) is 6.33. The summed E-state index contributed by atoms with van der Waals surface area (Å²) in [4.78, 5) is 16.5. The molecule has 1 aromatic rings. The van der Waals surface area contributed by atoms with Crippen molar-refractivity contribution in [2.45, 2.75) is 76.2 Å². The summed E-state index contributed by atoms with van der Waals surface area (Å²) in [5.41, 5.74) is 1.98. The highest BCUT2D eigenvalue weighted by molar-refractivity contribution is 5.84. The van der Waals surface area contributed by atoms with Gasteiger partial charge < -0.3 is 10.2 Å². The maximum Gasteiger partial charge on any atom is 0.226 e. The molecule has 8 rings (SSSR count). The molecule has 7 aliphatic rings. The third-order valence-electron chi connectivity index (χ3n) is 9.77. The van der Waals surface area contributed by atoms with Crippen LogP contribution in [-0.2, 0) is 10.2 Å². The highest BCUT2D eigenvalue weighted by Crippen LogP contribution is 2.71. The molecule has 1 N–H and O–H groups in total. The van der Waals surface area contributed by atoms with Gasteiger partial charge in [-0.3, -0.25) is 4.79 Å². The second-order valence-electron chi connectivity index (χ2n) is 11.5. The number of rotatable bonds is 4. The Hall–Kier alpha value is -1.35. The van der Waals surface area contributed by atoms with Gasteiger partial charge in [0.1, 0.15) is 0 Å². The van der Waals surface area contributed by atoms with E-state index in [1.807, 2.05) is 0 Å². The fourth-order valence-electron chi connectivity index (χ4n) is 8.85. The number of fused-ring (bicyclic) bond motifs is 3. The summed E-state index contributed by atoms with van der Waals surface area (Å²) >= 11 is 0. The van der Waals surface area contributed by atoms with Crippen molar-refractivity contribution in [3.63, 3.8) is 0 Å². The van der Waals surface area contributed by atoms with Crippen molar-refractivity contribution in [2.24, 2.45) is 22.7 Å². The zero-order chi connectivity index (χ0) is 19.7. The van der Waals surface area contributed by atoms with E-state index in [4.69, 9.17) is 0 Å². The summed E-state index contributed by atoms with van der Waals surface area (Å²) in [5.74, 6) is 1.85. The predicted octanol–water partition coefficient (Wildman–Crippen LogP) is 4.52. The van der Waals surface area contributed by atoms with Gasteiger partial charge in [0.2, 0.25) is 5.91 Å². The maximum absolute atomic E-state index is 13.9. The van der Waals surface area contributed by atoms with Crippen LogP contribution in [0.5, 0.6) is 0 Å². The number of benzene rings is 1. The van der Waals surface area contributed by atoms with Gasteiger partial charge in [-0.15, -0.1) is 0 Å². The summed E-state index contributed by atoms with van der Waals surface area (Å²) < 4.78 is 0. The molecule has 4 aliphatic carbocycles. The van der Waals surface area contributed by atoms with Crippen molar-refractivity contribution in [1.82, 2.24) is 10.2 Å². The van der Waals surface area contributed by atoms with Crippen LogP contribution in [-0.4, -0.2) is 36.5 Å².